The number of rotatable bonds is 26. The van der Waals surface area contributed by atoms with E-state index >= 15 is 0 Å². The molecule has 0 aliphatic carbocycles. The van der Waals surface area contributed by atoms with Gasteiger partial charge in [0.25, 0.3) is 0 Å². The fraction of sp³-hybridized carbons (Fsp3) is 1.00. The van der Waals surface area contributed by atoms with E-state index in [0.717, 1.165) is 12.8 Å². The molecule has 0 aromatic heterocycles. The highest BCUT2D eigenvalue weighted by molar-refractivity contribution is 4.76. The second-order valence-corrected chi connectivity index (χ2v) is 10.5. The van der Waals surface area contributed by atoms with Crippen LogP contribution in [0.15, 0.2) is 0 Å². The molecular weight excluding hydrogens is 376 g/mol. The standard InChI is InChI=1S/C29H62N2/c1-3-5-7-9-11-13-15-17-19-21-23-25-27-29(30,31)28-26-24-22-20-18-16-14-12-10-8-6-4-2/h3-28,30-31H2,1-2H3. The normalized spacial score (nSPS) is 12.0. The summed E-state index contributed by atoms with van der Waals surface area (Å²) in [5, 5.41) is 0. The minimum absolute atomic E-state index is 0.420. The first-order valence-corrected chi connectivity index (χ1v) is 14.7. The molecule has 0 bridgehead atoms. The molecule has 4 N–H and O–H groups in total. The topological polar surface area (TPSA) is 52.0 Å². The van der Waals surface area contributed by atoms with Crippen LogP contribution in [0.5, 0.6) is 0 Å². The van der Waals surface area contributed by atoms with Crippen LogP contribution in [0, 0.1) is 0 Å². The van der Waals surface area contributed by atoms with Crippen LogP contribution in [-0.2, 0) is 0 Å². The van der Waals surface area contributed by atoms with Crippen molar-refractivity contribution in [1.82, 2.24) is 0 Å². The first-order valence-electron chi connectivity index (χ1n) is 14.7. The van der Waals surface area contributed by atoms with E-state index in [1.807, 2.05) is 0 Å². The fourth-order valence-corrected chi connectivity index (χ4v) is 4.72. The molecule has 0 aliphatic heterocycles. The van der Waals surface area contributed by atoms with Gasteiger partial charge in [0.2, 0.25) is 0 Å². The average Bonchev–Trinajstić information content (AvgIpc) is 2.75. The fourth-order valence-electron chi connectivity index (χ4n) is 4.72. The smallest absolute Gasteiger partial charge is 0.0636 e. The molecule has 31 heavy (non-hydrogen) atoms. The van der Waals surface area contributed by atoms with Gasteiger partial charge in [-0.3, -0.25) is 0 Å². The van der Waals surface area contributed by atoms with Crippen molar-refractivity contribution in [2.75, 3.05) is 0 Å². The second-order valence-electron chi connectivity index (χ2n) is 10.5. The minimum Gasteiger partial charge on any atom is -0.313 e. The molecule has 0 fully saturated rings. The van der Waals surface area contributed by atoms with E-state index < -0.39 is 5.66 Å². The van der Waals surface area contributed by atoms with Crippen LogP contribution in [0.1, 0.15) is 181 Å². The van der Waals surface area contributed by atoms with Crippen molar-refractivity contribution in [3.63, 3.8) is 0 Å². The lowest BCUT2D eigenvalue weighted by atomic mass is 9.95. The summed E-state index contributed by atoms with van der Waals surface area (Å²) in [6, 6.07) is 0. The van der Waals surface area contributed by atoms with E-state index in [4.69, 9.17) is 11.5 Å². The Balaban J connectivity index is 3.29. The van der Waals surface area contributed by atoms with Crippen LogP contribution in [0.2, 0.25) is 0 Å². The van der Waals surface area contributed by atoms with Gasteiger partial charge < -0.3 is 11.5 Å². The summed E-state index contributed by atoms with van der Waals surface area (Å²) >= 11 is 0. The Morgan fingerprint density at radius 1 is 0.323 bits per heavy atom. The molecule has 0 saturated carbocycles. The zero-order valence-electron chi connectivity index (χ0n) is 22.0. The Morgan fingerprint density at radius 3 is 0.742 bits per heavy atom. The van der Waals surface area contributed by atoms with Gasteiger partial charge in [-0.1, -0.05) is 168 Å². The molecule has 0 aromatic rings. The molecule has 0 saturated heterocycles. The molecule has 0 aliphatic rings. The van der Waals surface area contributed by atoms with E-state index in [9.17, 15) is 0 Å². The van der Waals surface area contributed by atoms with E-state index in [-0.39, 0.29) is 0 Å². The van der Waals surface area contributed by atoms with Crippen molar-refractivity contribution < 1.29 is 0 Å². The summed E-state index contributed by atoms with van der Waals surface area (Å²) in [6.07, 6.45) is 35.4. The van der Waals surface area contributed by atoms with Crippen molar-refractivity contribution >= 4 is 0 Å². The summed E-state index contributed by atoms with van der Waals surface area (Å²) in [5.41, 5.74) is 12.3. The summed E-state index contributed by atoms with van der Waals surface area (Å²) in [6.45, 7) is 4.58. The molecule has 0 amide bonds. The molecule has 0 rings (SSSR count). The summed E-state index contributed by atoms with van der Waals surface area (Å²) in [4.78, 5) is 0. The quantitative estimate of drug-likeness (QED) is 0.104. The van der Waals surface area contributed by atoms with Gasteiger partial charge in [-0.15, -0.1) is 0 Å². The predicted octanol–water partition coefficient (Wildman–Crippen LogP) is 9.78. The van der Waals surface area contributed by atoms with Gasteiger partial charge in [-0.05, 0) is 12.8 Å². The lowest BCUT2D eigenvalue weighted by Crippen LogP contribution is -2.49. The molecule has 0 heterocycles. The highest BCUT2D eigenvalue weighted by Gasteiger charge is 2.17. The van der Waals surface area contributed by atoms with Crippen LogP contribution in [0.4, 0.5) is 0 Å². The highest BCUT2D eigenvalue weighted by Crippen LogP contribution is 2.18. The van der Waals surface area contributed by atoms with Crippen LogP contribution in [0.25, 0.3) is 0 Å². The second kappa shape index (κ2) is 24.6. The van der Waals surface area contributed by atoms with Crippen molar-refractivity contribution in [1.29, 1.82) is 0 Å². The summed E-state index contributed by atoms with van der Waals surface area (Å²) in [7, 11) is 0. The Bertz CT molecular complexity index is 297. The molecule has 0 atom stereocenters. The Hall–Kier alpha value is -0.0800. The van der Waals surface area contributed by atoms with E-state index in [1.165, 1.54) is 154 Å². The third-order valence-corrected chi connectivity index (χ3v) is 6.99. The lowest BCUT2D eigenvalue weighted by Gasteiger charge is -2.24. The van der Waals surface area contributed by atoms with E-state index in [0.29, 0.717) is 0 Å². The van der Waals surface area contributed by atoms with Crippen LogP contribution in [0.3, 0.4) is 0 Å². The number of nitrogens with two attached hydrogens (primary N) is 2. The molecule has 0 unspecified atom stereocenters. The highest BCUT2D eigenvalue weighted by atomic mass is 14.9. The Labute approximate surface area is 198 Å². The Morgan fingerprint density at radius 2 is 0.516 bits per heavy atom. The third-order valence-electron chi connectivity index (χ3n) is 6.99. The zero-order chi connectivity index (χ0) is 22.9. The number of hydrogen-bond donors (Lipinski definition) is 2. The molecule has 0 radical (unpaired) electrons. The van der Waals surface area contributed by atoms with Crippen molar-refractivity contribution in [3.05, 3.63) is 0 Å². The predicted molar refractivity (Wildman–Crippen MR) is 142 cm³/mol. The average molecular weight is 439 g/mol. The monoisotopic (exact) mass is 438 g/mol. The molecule has 188 valence electrons. The number of hydrogen-bond acceptors (Lipinski definition) is 2. The maximum atomic E-state index is 6.36. The largest absolute Gasteiger partial charge is 0.313 e. The van der Waals surface area contributed by atoms with Crippen molar-refractivity contribution in [2.24, 2.45) is 11.5 Å². The molecular formula is C29H62N2. The molecule has 2 nitrogen and oxygen atoms in total. The maximum absolute atomic E-state index is 6.36. The van der Waals surface area contributed by atoms with Gasteiger partial charge in [-0.2, -0.15) is 0 Å². The summed E-state index contributed by atoms with van der Waals surface area (Å²) in [5.74, 6) is 0. The first-order chi connectivity index (χ1) is 15.1. The molecule has 2 heteroatoms. The van der Waals surface area contributed by atoms with Gasteiger partial charge in [0.1, 0.15) is 0 Å². The van der Waals surface area contributed by atoms with Crippen LogP contribution in [-0.4, -0.2) is 5.66 Å². The van der Waals surface area contributed by atoms with Gasteiger partial charge in [0.15, 0.2) is 0 Å². The van der Waals surface area contributed by atoms with E-state index in [1.54, 1.807) is 0 Å². The van der Waals surface area contributed by atoms with Gasteiger partial charge in [-0.25, -0.2) is 0 Å². The summed E-state index contributed by atoms with van der Waals surface area (Å²) < 4.78 is 0. The van der Waals surface area contributed by atoms with Crippen molar-refractivity contribution in [3.8, 4) is 0 Å². The van der Waals surface area contributed by atoms with Crippen LogP contribution >= 0.6 is 0 Å². The third kappa shape index (κ3) is 26.1. The van der Waals surface area contributed by atoms with Crippen LogP contribution < -0.4 is 11.5 Å². The first kappa shape index (κ1) is 30.9. The Kier molecular flexibility index (Phi) is 24.5. The number of unbranched alkanes of at least 4 members (excludes halogenated alkanes) is 22. The lowest BCUT2D eigenvalue weighted by molar-refractivity contribution is 0.345. The maximum Gasteiger partial charge on any atom is 0.0636 e. The van der Waals surface area contributed by atoms with Crippen molar-refractivity contribution in [2.45, 2.75) is 186 Å². The van der Waals surface area contributed by atoms with E-state index in [2.05, 4.69) is 13.8 Å². The van der Waals surface area contributed by atoms with Gasteiger partial charge >= 0.3 is 0 Å². The van der Waals surface area contributed by atoms with Gasteiger partial charge in [0.05, 0.1) is 5.66 Å². The SMILES string of the molecule is CCCCCCCCCCCCCCC(N)(N)CCCCCCCCCCCCCC. The van der Waals surface area contributed by atoms with Gasteiger partial charge in [0, 0.05) is 0 Å². The minimum atomic E-state index is -0.420. The molecule has 0 spiro atoms. The zero-order valence-corrected chi connectivity index (χ0v) is 22.0. The molecule has 0 aromatic carbocycles.